The lowest BCUT2D eigenvalue weighted by Gasteiger charge is -2.09. The lowest BCUT2D eigenvalue weighted by Crippen LogP contribution is -1.99. The van der Waals surface area contributed by atoms with Gasteiger partial charge in [0, 0.05) is 20.1 Å². The van der Waals surface area contributed by atoms with Crippen molar-refractivity contribution >= 4 is 5.69 Å². The highest BCUT2D eigenvalue weighted by Gasteiger charge is 2.13. The van der Waals surface area contributed by atoms with E-state index >= 15 is 0 Å². The Labute approximate surface area is 78.1 Å². The molecule has 2 rings (SSSR count). The van der Waals surface area contributed by atoms with Gasteiger partial charge in [-0.05, 0) is 23.3 Å². The Balaban J connectivity index is 2.47. The second kappa shape index (κ2) is 3.26. The van der Waals surface area contributed by atoms with Gasteiger partial charge in [-0.2, -0.15) is 0 Å². The lowest BCUT2D eigenvalue weighted by molar-refractivity contribution is 0.416. The first kappa shape index (κ1) is 8.38. The Morgan fingerprint density at radius 2 is 2.00 bits per heavy atom. The molecule has 3 heteroatoms. The van der Waals surface area contributed by atoms with E-state index in [4.69, 9.17) is 4.74 Å². The molecule has 0 amide bonds. The molecular formula is C10H14N2O. The van der Waals surface area contributed by atoms with Gasteiger partial charge in [-0.15, -0.1) is 0 Å². The molecule has 0 bridgehead atoms. The summed E-state index contributed by atoms with van der Waals surface area (Å²) in [6, 6.07) is 4.25. The van der Waals surface area contributed by atoms with Crippen molar-refractivity contribution in [3.8, 4) is 5.75 Å². The molecule has 1 heterocycles. The second-order valence-electron chi connectivity index (χ2n) is 3.17. The maximum atomic E-state index is 5.27. The van der Waals surface area contributed by atoms with Crippen molar-refractivity contribution in [3.05, 3.63) is 23.3 Å². The molecule has 0 atom stereocenters. The number of anilines is 1. The van der Waals surface area contributed by atoms with E-state index in [1.54, 1.807) is 7.11 Å². The third-order valence-electron chi connectivity index (χ3n) is 2.42. The summed E-state index contributed by atoms with van der Waals surface area (Å²) in [6.45, 7) is 1.92. The summed E-state index contributed by atoms with van der Waals surface area (Å²) in [7, 11) is 3.61. The first-order chi connectivity index (χ1) is 6.35. The fourth-order valence-electron chi connectivity index (χ4n) is 1.69. The average molecular weight is 178 g/mol. The van der Waals surface area contributed by atoms with Crippen molar-refractivity contribution in [2.45, 2.75) is 13.1 Å². The number of hydrogen-bond donors (Lipinski definition) is 2. The summed E-state index contributed by atoms with van der Waals surface area (Å²) < 4.78 is 5.27. The van der Waals surface area contributed by atoms with Crippen molar-refractivity contribution in [2.24, 2.45) is 0 Å². The number of methoxy groups -OCH3 is 1. The molecule has 1 aliphatic heterocycles. The summed E-state index contributed by atoms with van der Waals surface area (Å²) in [6.07, 6.45) is 0. The molecule has 0 saturated carbocycles. The van der Waals surface area contributed by atoms with E-state index in [1.807, 2.05) is 7.05 Å². The molecule has 2 N–H and O–H groups in total. The minimum atomic E-state index is 0.921. The van der Waals surface area contributed by atoms with Gasteiger partial charge in [0.15, 0.2) is 0 Å². The summed E-state index contributed by atoms with van der Waals surface area (Å²) in [5.74, 6) is 0.921. The molecular weight excluding hydrogens is 164 g/mol. The third-order valence-corrected chi connectivity index (χ3v) is 2.42. The molecule has 0 spiro atoms. The smallest absolute Gasteiger partial charge is 0.142 e. The van der Waals surface area contributed by atoms with Gasteiger partial charge in [-0.25, -0.2) is 0 Å². The quantitative estimate of drug-likeness (QED) is 0.717. The maximum Gasteiger partial charge on any atom is 0.142 e. The predicted octanol–water partition coefficient (Wildman–Crippen LogP) is 1.34. The Morgan fingerprint density at radius 3 is 2.62 bits per heavy atom. The molecule has 0 radical (unpaired) electrons. The predicted molar refractivity (Wildman–Crippen MR) is 53.1 cm³/mol. The molecule has 0 aromatic heterocycles. The van der Waals surface area contributed by atoms with Crippen LogP contribution >= 0.6 is 0 Å². The third kappa shape index (κ3) is 1.35. The topological polar surface area (TPSA) is 33.3 Å². The molecule has 0 aliphatic carbocycles. The molecule has 1 aliphatic rings. The van der Waals surface area contributed by atoms with Gasteiger partial charge in [-0.3, -0.25) is 0 Å². The van der Waals surface area contributed by atoms with Gasteiger partial charge < -0.3 is 15.4 Å². The van der Waals surface area contributed by atoms with E-state index in [9.17, 15) is 0 Å². The van der Waals surface area contributed by atoms with E-state index in [1.165, 1.54) is 11.1 Å². The van der Waals surface area contributed by atoms with Crippen LogP contribution in [0, 0.1) is 0 Å². The first-order valence-electron chi connectivity index (χ1n) is 4.43. The summed E-state index contributed by atoms with van der Waals surface area (Å²) in [5.41, 5.74) is 3.77. The van der Waals surface area contributed by atoms with Crippen LogP contribution in [-0.4, -0.2) is 14.2 Å². The number of rotatable bonds is 2. The van der Waals surface area contributed by atoms with Gasteiger partial charge in [0.25, 0.3) is 0 Å². The van der Waals surface area contributed by atoms with Crippen molar-refractivity contribution in [1.82, 2.24) is 5.32 Å². The highest BCUT2D eigenvalue weighted by atomic mass is 16.5. The second-order valence-corrected chi connectivity index (χ2v) is 3.17. The Morgan fingerprint density at radius 1 is 1.31 bits per heavy atom. The minimum Gasteiger partial charge on any atom is -0.495 e. The van der Waals surface area contributed by atoms with Crippen molar-refractivity contribution < 1.29 is 4.74 Å². The largest absolute Gasteiger partial charge is 0.495 e. The van der Waals surface area contributed by atoms with Crippen LogP contribution in [0.25, 0.3) is 0 Å². The number of nitrogens with one attached hydrogen (secondary N) is 2. The zero-order valence-electron chi connectivity index (χ0n) is 7.98. The number of benzene rings is 1. The Bertz CT molecular complexity index is 292. The van der Waals surface area contributed by atoms with Gasteiger partial charge in [0.2, 0.25) is 0 Å². The van der Waals surface area contributed by atoms with Crippen LogP contribution < -0.4 is 15.4 Å². The fourth-order valence-corrected chi connectivity index (χ4v) is 1.69. The van der Waals surface area contributed by atoms with E-state index in [0.29, 0.717) is 0 Å². The molecule has 1 aromatic carbocycles. The lowest BCUT2D eigenvalue weighted by atomic mass is 10.1. The summed E-state index contributed by atoms with van der Waals surface area (Å²) in [4.78, 5) is 0. The van der Waals surface area contributed by atoms with Crippen molar-refractivity contribution in [2.75, 3.05) is 19.5 Å². The SMILES string of the molecule is CNc1cc2c(cc1OC)CNC2. The minimum absolute atomic E-state index is 0.921. The van der Waals surface area contributed by atoms with E-state index in [2.05, 4.69) is 22.8 Å². The molecule has 1 aromatic rings. The standard InChI is InChI=1S/C10H14N2O/c1-11-9-3-7-5-12-6-8(7)4-10(9)13-2/h3-4,11-12H,5-6H2,1-2H3. The van der Waals surface area contributed by atoms with E-state index in [0.717, 1.165) is 24.5 Å². The molecule has 70 valence electrons. The zero-order valence-corrected chi connectivity index (χ0v) is 7.98. The van der Waals surface area contributed by atoms with E-state index < -0.39 is 0 Å². The zero-order chi connectivity index (χ0) is 9.26. The normalized spacial score (nSPS) is 14.0. The number of ether oxygens (including phenoxy) is 1. The van der Waals surface area contributed by atoms with Gasteiger partial charge >= 0.3 is 0 Å². The summed E-state index contributed by atoms with van der Waals surface area (Å²) >= 11 is 0. The molecule has 0 fully saturated rings. The monoisotopic (exact) mass is 178 g/mol. The fraction of sp³-hybridized carbons (Fsp3) is 0.400. The van der Waals surface area contributed by atoms with Gasteiger partial charge in [0.05, 0.1) is 12.8 Å². The maximum absolute atomic E-state index is 5.27. The van der Waals surface area contributed by atoms with Gasteiger partial charge in [-0.1, -0.05) is 0 Å². The van der Waals surface area contributed by atoms with Crippen LogP contribution in [0.3, 0.4) is 0 Å². The van der Waals surface area contributed by atoms with Gasteiger partial charge in [0.1, 0.15) is 5.75 Å². The highest BCUT2D eigenvalue weighted by Crippen LogP contribution is 2.30. The van der Waals surface area contributed by atoms with Crippen LogP contribution in [0.1, 0.15) is 11.1 Å². The number of hydrogen-bond acceptors (Lipinski definition) is 3. The van der Waals surface area contributed by atoms with Crippen LogP contribution in [0.5, 0.6) is 5.75 Å². The molecule has 3 nitrogen and oxygen atoms in total. The van der Waals surface area contributed by atoms with Crippen LogP contribution in [0.2, 0.25) is 0 Å². The first-order valence-corrected chi connectivity index (χ1v) is 4.43. The Hall–Kier alpha value is -1.22. The summed E-state index contributed by atoms with van der Waals surface area (Å²) in [5, 5.41) is 6.43. The molecule has 13 heavy (non-hydrogen) atoms. The van der Waals surface area contributed by atoms with Crippen molar-refractivity contribution in [3.63, 3.8) is 0 Å². The number of fused-ring (bicyclic) bond motifs is 1. The van der Waals surface area contributed by atoms with Crippen LogP contribution in [0.15, 0.2) is 12.1 Å². The van der Waals surface area contributed by atoms with Crippen molar-refractivity contribution in [1.29, 1.82) is 0 Å². The Kier molecular flexibility index (Phi) is 2.10. The van der Waals surface area contributed by atoms with E-state index in [-0.39, 0.29) is 0 Å². The molecule has 0 saturated heterocycles. The molecule has 0 unspecified atom stereocenters. The van der Waals surface area contributed by atoms with Crippen LogP contribution in [0.4, 0.5) is 5.69 Å². The van der Waals surface area contributed by atoms with Crippen LogP contribution in [-0.2, 0) is 13.1 Å². The average Bonchev–Trinajstić information content (AvgIpc) is 2.62. The highest BCUT2D eigenvalue weighted by molar-refractivity contribution is 5.60.